The van der Waals surface area contributed by atoms with E-state index in [-0.39, 0.29) is 18.0 Å². The Hall–Kier alpha value is -1.76. The van der Waals surface area contributed by atoms with Gasteiger partial charge in [-0.2, -0.15) is 0 Å². The van der Waals surface area contributed by atoms with Crippen LogP contribution in [0.5, 0.6) is 0 Å². The average Bonchev–Trinajstić information content (AvgIpc) is 3.14. The minimum absolute atomic E-state index is 0.00826. The minimum Gasteiger partial charge on any atom is -0.299 e. The lowest BCUT2D eigenvalue weighted by molar-refractivity contribution is -0.168. The van der Waals surface area contributed by atoms with Gasteiger partial charge >= 0.3 is 0 Å². The Morgan fingerprint density at radius 1 is 1.39 bits per heavy atom. The molecule has 0 radical (unpaired) electrons. The maximum atomic E-state index is 12.1. The van der Waals surface area contributed by atoms with Crippen LogP contribution in [0.2, 0.25) is 0 Å². The first-order chi connectivity index (χ1) is 11.1. The number of hydroxylamine groups is 2. The van der Waals surface area contributed by atoms with Gasteiger partial charge in [-0.15, -0.1) is 11.3 Å². The van der Waals surface area contributed by atoms with Crippen molar-refractivity contribution in [3.05, 3.63) is 40.2 Å². The van der Waals surface area contributed by atoms with Crippen LogP contribution >= 0.6 is 11.3 Å². The molecule has 23 heavy (non-hydrogen) atoms. The number of aryl methyl sites for hydroxylation is 1. The predicted octanol–water partition coefficient (Wildman–Crippen LogP) is 2.93. The monoisotopic (exact) mass is 331 g/mol. The molecule has 1 aromatic carbocycles. The summed E-state index contributed by atoms with van der Waals surface area (Å²) in [6.45, 7) is 4.73. The third kappa shape index (κ3) is 3.44. The molecule has 1 saturated heterocycles. The first kappa shape index (κ1) is 16.1. The van der Waals surface area contributed by atoms with Crippen LogP contribution in [0.15, 0.2) is 29.6 Å². The molecular formula is C17H21N3O2S. The average molecular weight is 331 g/mol. The van der Waals surface area contributed by atoms with E-state index < -0.39 is 0 Å². The zero-order valence-corrected chi connectivity index (χ0v) is 14.4. The van der Waals surface area contributed by atoms with Gasteiger partial charge in [0.05, 0.1) is 30.4 Å². The molecule has 1 amide bonds. The van der Waals surface area contributed by atoms with Crippen LogP contribution in [0.25, 0.3) is 11.3 Å². The molecule has 2 heterocycles. The van der Waals surface area contributed by atoms with E-state index in [0.717, 1.165) is 28.2 Å². The Bertz CT molecular complexity index is 683. The topological polar surface area (TPSA) is 54.5 Å². The van der Waals surface area contributed by atoms with Gasteiger partial charge in [-0.3, -0.25) is 14.9 Å². The summed E-state index contributed by atoms with van der Waals surface area (Å²) in [6, 6.07) is 8.28. The number of nitrogens with one attached hydrogen (secondary N) is 1. The van der Waals surface area contributed by atoms with Gasteiger partial charge in [-0.05, 0) is 25.8 Å². The fraction of sp³-hybridized carbons (Fsp3) is 0.412. The van der Waals surface area contributed by atoms with E-state index >= 15 is 0 Å². The Balaban J connectivity index is 1.66. The summed E-state index contributed by atoms with van der Waals surface area (Å²) in [5.41, 5.74) is 3.29. The van der Waals surface area contributed by atoms with Crippen molar-refractivity contribution >= 4 is 17.2 Å². The highest BCUT2D eigenvalue weighted by atomic mass is 32.1. The molecule has 1 aliphatic heterocycles. The summed E-state index contributed by atoms with van der Waals surface area (Å²) >= 11 is 1.66. The maximum absolute atomic E-state index is 12.1. The van der Waals surface area contributed by atoms with Crippen molar-refractivity contribution in [2.24, 2.45) is 0 Å². The Morgan fingerprint density at radius 3 is 2.70 bits per heavy atom. The Labute approximate surface area is 140 Å². The van der Waals surface area contributed by atoms with E-state index in [1.54, 1.807) is 11.3 Å². The number of nitrogens with zero attached hydrogens (tertiary/aromatic N) is 2. The van der Waals surface area contributed by atoms with Crippen LogP contribution in [0.3, 0.4) is 0 Å². The van der Waals surface area contributed by atoms with Gasteiger partial charge in [-0.25, -0.2) is 10.0 Å². The number of thiazole rings is 1. The molecule has 122 valence electrons. The van der Waals surface area contributed by atoms with E-state index in [2.05, 4.69) is 46.9 Å². The fourth-order valence-electron chi connectivity index (χ4n) is 2.83. The lowest BCUT2D eigenvalue weighted by Crippen LogP contribution is -2.39. The van der Waals surface area contributed by atoms with Crippen LogP contribution in [0.4, 0.5) is 0 Å². The van der Waals surface area contributed by atoms with Gasteiger partial charge < -0.3 is 0 Å². The van der Waals surface area contributed by atoms with Crippen LogP contribution in [0, 0.1) is 6.92 Å². The van der Waals surface area contributed by atoms with Crippen molar-refractivity contribution in [2.45, 2.75) is 32.4 Å². The number of hydrogen-bond acceptors (Lipinski definition) is 5. The van der Waals surface area contributed by atoms with Gasteiger partial charge in [0, 0.05) is 17.0 Å². The number of carbonyl (C=O) groups is 1. The second-order valence-corrected chi connectivity index (χ2v) is 6.79. The lowest BCUT2D eigenvalue weighted by Gasteiger charge is -2.19. The minimum atomic E-state index is -0.175. The maximum Gasteiger partial charge on any atom is 0.263 e. The van der Waals surface area contributed by atoms with E-state index in [9.17, 15) is 4.79 Å². The van der Waals surface area contributed by atoms with E-state index in [1.165, 1.54) is 12.2 Å². The molecule has 5 nitrogen and oxygen atoms in total. The quantitative estimate of drug-likeness (QED) is 0.915. The van der Waals surface area contributed by atoms with Crippen molar-refractivity contribution in [3.8, 4) is 11.3 Å². The summed E-state index contributed by atoms with van der Waals surface area (Å²) in [5.74, 6) is 0.00826. The highest BCUT2D eigenvalue weighted by Crippen LogP contribution is 2.24. The highest BCUT2D eigenvalue weighted by molar-refractivity contribution is 7.09. The molecule has 1 aromatic heterocycles. The molecule has 1 N–H and O–H groups in total. The smallest absolute Gasteiger partial charge is 0.263 e. The number of amides is 1. The Kier molecular flexibility index (Phi) is 4.75. The molecule has 2 aromatic rings. The lowest BCUT2D eigenvalue weighted by atomic mass is 10.0. The summed E-state index contributed by atoms with van der Waals surface area (Å²) in [6.07, 6.45) is 0.771. The van der Waals surface area contributed by atoms with E-state index in [1.807, 2.05) is 6.92 Å². The van der Waals surface area contributed by atoms with Gasteiger partial charge in [-0.1, -0.05) is 24.3 Å². The van der Waals surface area contributed by atoms with E-state index in [4.69, 9.17) is 4.84 Å². The van der Waals surface area contributed by atoms with E-state index in [0.29, 0.717) is 6.54 Å². The van der Waals surface area contributed by atoms with Gasteiger partial charge in [0.15, 0.2) is 0 Å². The number of aromatic nitrogens is 1. The molecule has 0 aliphatic carbocycles. The fourth-order valence-corrected chi connectivity index (χ4v) is 3.45. The largest absolute Gasteiger partial charge is 0.299 e. The van der Waals surface area contributed by atoms with Crippen LogP contribution in [-0.2, 0) is 9.63 Å². The molecule has 2 atom stereocenters. The standard InChI is InChI=1S/C17H21N3O2S/c1-11(18-15-8-9-20(22-3)17(15)21)13-4-6-14(7-5-13)16-10-23-12(2)19-16/h4-7,10-11,15,18H,8-9H2,1-3H3. The number of benzene rings is 1. The molecule has 2 unspecified atom stereocenters. The normalized spacial score (nSPS) is 19.3. The van der Waals surface area contributed by atoms with Gasteiger partial charge in [0.25, 0.3) is 5.91 Å². The third-order valence-corrected chi connectivity index (χ3v) is 4.94. The highest BCUT2D eigenvalue weighted by Gasteiger charge is 2.32. The first-order valence-corrected chi connectivity index (χ1v) is 8.60. The molecule has 1 aliphatic rings. The number of carbonyl (C=O) groups excluding carboxylic acids is 1. The molecular weight excluding hydrogens is 310 g/mol. The van der Waals surface area contributed by atoms with Gasteiger partial charge in [0.1, 0.15) is 0 Å². The summed E-state index contributed by atoms with van der Waals surface area (Å²) in [4.78, 5) is 21.6. The summed E-state index contributed by atoms with van der Waals surface area (Å²) in [7, 11) is 1.53. The van der Waals surface area contributed by atoms with Gasteiger partial charge in [0.2, 0.25) is 0 Å². The SMILES string of the molecule is CON1CCC(NC(C)c2ccc(-c3csc(C)n3)cc2)C1=O. The summed E-state index contributed by atoms with van der Waals surface area (Å²) < 4.78 is 0. The van der Waals surface area contributed by atoms with Crippen LogP contribution in [0.1, 0.15) is 30.0 Å². The molecule has 3 rings (SSSR count). The molecule has 0 saturated carbocycles. The second kappa shape index (κ2) is 6.78. The third-order valence-electron chi connectivity index (χ3n) is 4.16. The molecule has 1 fully saturated rings. The Morgan fingerprint density at radius 2 is 2.13 bits per heavy atom. The molecule has 6 heteroatoms. The van der Waals surface area contributed by atoms with Crippen molar-refractivity contribution in [1.82, 2.24) is 15.4 Å². The van der Waals surface area contributed by atoms with Crippen molar-refractivity contribution in [2.75, 3.05) is 13.7 Å². The van der Waals surface area contributed by atoms with Crippen molar-refractivity contribution in [3.63, 3.8) is 0 Å². The summed E-state index contributed by atoms with van der Waals surface area (Å²) in [5, 5.41) is 7.95. The zero-order chi connectivity index (χ0) is 16.4. The number of rotatable bonds is 5. The molecule has 0 bridgehead atoms. The molecule has 0 spiro atoms. The van der Waals surface area contributed by atoms with Crippen LogP contribution in [-0.4, -0.2) is 35.7 Å². The van der Waals surface area contributed by atoms with Crippen molar-refractivity contribution in [1.29, 1.82) is 0 Å². The van der Waals surface area contributed by atoms with Crippen molar-refractivity contribution < 1.29 is 9.63 Å². The van der Waals surface area contributed by atoms with Crippen LogP contribution < -0.4 is 5.32 Å². The predicted molar refractivity (Wildman–Crippen MR) is 91.0 cm³/mol. The zero-order valence-electron chi connectivity index (χ0n) is 13.6. The number of hydrogen-bond donors (Lipinski definition) is 1. The second-order valence-electron chi connectivity index (χ2n) is 5.73. The first-order valence-electron chi connectivity index (χ1n) is 7.72.